The van der Waals surface area contributed by atoms with Gasteiger partial charge >= 0.3 is 0 Å². The van der Waals surface area contributed by atoms with Gasteiger partial charge in [-0.1, -0.05) is 49.2 Å². The van der Waals surface area contributed by atoms with Gasteiger partial charge in [0.25, 0.3) is 11.6 Å². The van der Waals surface area contributed by atoms with Crippen molar-refractivity contribution < 1.29 is 9.72 Å². The highest BCUT2D eigenvalue weighted by Crippen LogP contribution is 2.18. The van der Waals surface area contributed by atoms with Crippen molar-refractivity contribution in [2.75, 3.05) is 13.1 Å². The van der Waals surface area contributed by atoms with Crippen LogP contribution in [0.5, 0.6) is 0 Å². The van der Waals surface area contributed by atoms with E-state index in [1.807, 2.05) is 12.1 Å². The minimum Gasteiger partial charge on any atom is -0.348 e. The van der Waals surface area contributed by atoms with Gasteiger partial charge in [0.15, 0.2) is 0 Å². The van der Waals surface area contributed by atoms with E-state index in [2.05, 4.69) is 22.3 Å². The van der Waals surface area contributed by atoms with Crippen molar-refractivity contribution in [2.45, 2.75) is 38.8 Å². The minimum atomic E-state index is -0.535. The van der Waals surface area contributed by atoms with E-state index in [9.17, 15) is 14.9 Å². The van der Waals surface area contributed by atoms with Crippen LogP contribution in [-0.4, -0.2) is 28.8 Å². The molecule has 6 nitrogen and oxygen atoms in total. The van der Waals surface area contributed by atoms with Crippen LogP contribution >= 0.6 is 0 Å². The Hall–Kier alpha value is -2.73. The lowest BCUT2D eigenvalue weighted by atomic mass is 10.1. The normalized spacial score (nSPS) is 15.1. The first-order valence-corrected chi connectivity index (χ1v) is 9.45. The number of amides is 1. The average Bonchev–Trinajstić information content (AvgIpc) is 2.96. The number of nitrogens with zero attached hydrogens (tertiary/aromatic N) is 2. The van der Waals surface area contributed by atoms with Crippen LogP contribution in [-0.2, 0) is 13.1 Å². The fraction of sp³-hybridized carbons (Fsp3) is 0.381. The lowest BCUT2D eigenvalue weighted by molar-refractivity contribution is -0.385. The molecule has 2 aromatic rings. The summed E-state index contributed by atoms with van der Waals surface area (Å²) in [6, 6.07) is 14.2. The monoisotopic (exact) mass is 367 g/mol. The smallest absolute Gasteiger partial charge is 0.282 e. The van der Waals surface area contributed by atoms with Crippen LogP contribution in [0, 0.1) is 10.1 Å². The van der Waals surface area contributed by atoms with Gasteiger partial charge in [0, 0.05) is 19.2 Å². The SMILES string of the molecule is O=C(NCc1ccc(CN2CCCCCC2)cc1)c1ccccc1[N+](=O)[O-]. The van der Waals surface area contributed by atoms with Gasteiger partial charge < -0.3 is 5.32 Å². The van der Waals surface area contributed by atoms with Crippen molar-refractivity contribution in [1.82, 2.24) is 10.2 Å². The van der Waals surface area contributed by atoms with Crippen LogP contribution in [0.4, 0.5) is 5.69 Å². The maximum absolute atomic E-state index is 12.3. The van der Waals surface area contributed by atoms with E-state index in [1.54, 1.807) is 12.1 Å². The van der Waals surface area contributed by atoms with E-state index in [0.717, 1.165) is 25.2 Å². The van der Waals surface area contributed by atoms with Crippen molar-refractivity contribution in [3.63, 3.8) is 0 Å². The molecule has 0 bridgehead atoms. The van der Waals surface area contributed by atoms with Gasteiger partial charge in [0.05, 0.1) is 4.92 Å². The zero-order chi connectivity index (χ0) is 19.1. The number of nitro groups is 1. The summed E-state index contributed by atoms with van der Waals surface area (Å²) in [6.45, 7) is 3.62. The highest BCUT2D eigenvalue weighted by Gasteiger charge is 2.18. The van der Waals surface area contributed by atoms with E-state index in [0.29, 0.717) is 6.54 Å². The molecule has 1 amide bonds. The van der Waals surface area contributed by atoms with Crippen LogP contribution in [0.1, 0.15) is 47.2 Å². The van der Waals surface area contributed by atoms with Gasteiger partial charge in [-0.05, 0) is 43.1 Å². The van der Waals surface area contributed by atoms with Crippen LogP contribution in [0.2, 0.25) is 0 Å². The maximum atomic E-state index is 12.3. The number of carbonyl (C=O) groups excluding carboxylic acids is 1. The lowest BCUT2D eigenvalue weighted by Crippen LogP contribution is -2.24. The van der Waals surface area contributed by atoms with Crippen molar-refractivity contribution in [3.05, 3.63) is 75.3 Å². The molecule has 1 N–H and O–H groups in total. The van der Waals surface area contributed by atoms with E-state index in [-0.39, 0.29) is 11.3 Å². The third kappa shape index (κ3) is 5.37. The fourth-order valence-corrected chi connectivity index (χ4v) is 3.42. The van der Waals surface area contributed by atoms with Crippen molar-refractivity contribution in [3.8, 4) is 0 Å². The summed E-state index contributed by atoms with van der Waals surface area (Å²) in [6.07, 6.45) is 5.20. The van der Waals surface area contributed by atoms with E-state index in [4.69, 9.17) is 0 Å². The molecule has 1 fully saturated rings. The molecule has 0 spiro atoms. The van der Waals surface area contributed by atoms with E-state index in [1.165, 1.54) is 43.4 Å². The summed E-state index contributed by atoms with van der Waals surface area (Å²) in [4.78, 5) is 25.3. The Morgan fingerprint density at radius 1 is 0.963 bits per heavy atom. The number of para-hydroxylation sites is 1. The van der Waals surface area contributed by atoms with Crippen LogP contribution < -0.4 is 5.32 Å². The molecule has 1 saturated heterocycles. The van der Waals surface area contributed by atoms with Gasteiger partial charge in [0.2, 0.25) is 0 Å². The maximum Gasteiger partial charge on any atom is 0.282 e. The van der Waals surface area contributed by atoms with E-state index < -0.39 is 10.8 Å². The molecule has 0 unspecified atom stereocenters. The predicted molar refractivity (Wildman–Crippen MR) is 104 cm³/mol. The van der Waals surface area contributed by atoms with Gasteiger partial charge in [-0.25, -0.2) is 0 Å². The van der Waals surface area contributed by atoms with Crippen molar-refractivity contribution >= 4 is 11.6 Å². The first-order chi connectivity index (χ1) is 13.1. The topological polar surface area (TPSA) is 75.5 Å². The zero-order valence-corrected chi connectivity index (χ0v) is 15.4. The molecule has 6 heteroatoms. The molecular formula is C21H25N3O3. The van der Waals surface area contributed by atoms with Crippen LogP contribution in [0.3, 0.4) is 0 Å². The Bertz CT molecular complexity index is 782. The quantitative estimate of drug-likeness (QED) is 0.621. The largest absolute Gasteiger partial charge is 0.348 e. The lowest BCUT2D eigenvalue weighted by Gasteiger charge is -2.19. The summed E-state index contributed by atoms with van der Waals surface area (Å²) < 4.78 is 0. The number of nitrogens with one attached hydrogen (secondary N) is 1. The molecule has 1 aliphatic rings. The summed E-state index contributed by atoms with van der Waals surface area (Å²) in [5.41, 5.74) is 2.15. The Labute approximate surface area is 159 Å². The zero-order valence-electron chi connectivity index (χ0n) is 15.4. The number of hydrogen-bond acceptors (Lipinski definition) is 4. The Morgan fingerprint density at radius 3 is 2.26 bits per heavy atom. The highest BCUT2D eigenvalue weighted by atomic mass is 16.6. The summed E-state index contributed by atoms with van der Waals surface area (Å²) in [5.74, 6) is -0.434. The van der Waals surface area contributed by atoms with Crippen LogP contribution in [0.15, 0.2) is 48.5 Å². The second-order valence-corrected chi connectivity index (χ2v) is 6.96. The summed E-state index contributed by atoms with van der Waals surface area (Å²) in [5, 5.41) is 13.8. The summed E-state index contributed by atoms with van der Waals surface area (Å²) in [7, 11) is 0. The number of likely N-dealkylation sites (tertiary alicyclic amines) is 1. The van der Waals surface area contributed by atoms with Gasteiger partial charge in [-0.3, -0.25) is 19.8 Å². The number of rotatable bonds is 6. The molecule has 0 saturated carbocycles. The molecule has 1 aliphatic heterocycles. The fourth-order valence-electron chi connectivity index (χ4n) is 3.42. The first-order valence-electron chi connectivity index (χ1n) is 9.45. The van der Waals surface area contributed by atoms with Gasteiger partial charge in [-0.2, -0.15) is 0 Å². The summed E-state index contributed by atoms with van der Waals surface area (Å²) >= 11 is 0. The van der Waals surface area contributed by atoms with E-state index >= 15 is 0 Å². The Morgan fingerprint density at radius 2 is 1.59 bits per heavy atom. The number of nitro benzene ring substituents is 1. The molecule has 0 aromatic heterocycles. The van der Waals surface area contributed by atoms with Crippen LogP contribution in [0.25, 0.3) is 0 Å². The van der Waals surface area contributed by atoms with Crippen molar-refractivity contribution in [2.24, 2.45) is 0 Å². The van der Waals surface area contributed by atoms with Gasteiger partial charge in [-0.15, -0.1) is 0 Å². The molecular weight excluding hydrogens is 342 g/mol. The third-order valence-corrected chi connectivity index (χ3v) is 4.93. The standard InChI is InChI=1S/C21H25N3O3/c25-21(19-7-3-4-8-20(19)24(26)27)22-15-17-9-11-18(12-10-17)16-23-13-5-1-2-6-14-23/h3-4,7-12H,1-2,5-6,13-16H2,(H,22,25). The molecule has 0 aliphatic carbocycles. The number of benzene rings is 2. The number of hydrogen-bond donors (Lipinski definition) is 1. The minimum absolute atomic E-state index is 0.0836. The Balaban J connectivity index is 1.55. The molecule has 142 valence electrons. The van der Waals surface area contributed by atoms with Crippen molar-refractivity contribution in [1.29, 1.82) is 0 Å². The number of carbonyl (C=O) groups is 1. The average molecular weight is 367 g/mol. The second-order valence-electron chi connectivity index (χ2n) is 6.96. The third-order valence-electron chi connectivity index (χ3n) is 4.93. The molecule has 0 atom stereocenters. The Kier molecular flexibility index (Phi) is 6.54. The molecule has 0 radical (unpaired) electrons. The second kappa shape index (κ2) is 9.28. The molecule has 3 rings (SSSR count). The molecule has 1 heterocycles. The molecule has 2 aromatic carbocycles. The predicted octanol–water partition coefficient (Wildman–Crippen LogP) is 3.90. The highest BCUT2D eigenvalue weighted by molar-refractivity contribution is 5.98. The van der Waals surface area contributed by atoms with Gasteiger partial charge in [0.1, 0.15) is 5.56 Å². The first kappa shape index (κ1) is 19.0. The molecule has 27 heavy (non-hydrogen) atoms.